The standard InChI is InChI=1S/C10H21NO3/c1-4-10(3,5-6-12)11-8(2)7-9(13)14/h8,11-12H,4-7H2,1-3H3,(H,13,14). The van der Waals surface area contributed by atoms with Gasteiger partial charge in [-0.2, -0.15) is 0 Å². The van der Waals surface area contributed by atoms with Gasteiger partial charge in [-0.15, -0.1) is 0 Å². The summed E-state index contributed by atoms with van der Waals surface area (Å²) >= 11 is 0. The fraction of sp³-hybridized carbons (Fsp3) is 0.900. The largest absolute Gasteiger partial charge is 0.481 e. The molecule has 0 amide bonds. The third kappa shape index (κ3) is 5.19. The Hall–Kier alpha value is -0.610. The van der Waals surface area contributed by atoms with Crippen LogP contribution >= 0.6 is 0 Å². The molecule has 0 aromatic heterocycles. The van der Waals surface area contributed by atoms with Crippen LogP contribution in [-0.4, -0.2) is 34.4 Å². The number of hydrogen-bond donors (Lipinski definition) is 3. The van der Waals surface area contributed by atoms with Crippen LogP contribution in [0.1, 0.15) is 40.0 Å². The summed E-state index contributed by atoms with van der Waals surface area (Å²) in [5.74, 6) is -0.799. The zero-order valence-electron chi connectivity index (χ0n) is 9.21. The summed E-state index contributed by atoms with van der Waals surface area (Å²) in [6.45, 7) is 5.99. The van der Waals surface area contributed by atoms with Crippen LogP contribution in [0, 0.1) is 0 Å². The van der Waals surface area contributed by atoms with Gasteiger partial charge in [0.05, 0.1) is 6.42 Å². The summed E-state index contributed by atoms with van der Waals surface area (Å²) in [6, 6.07) is -0.0657. The molecular formula is C10H21NO3. The van der Waals surface area contributed by atoms with Gasteiger partial charge in [0.25, 0.3) is 0 Å². The molecule has 0 fully saturated rings. The first-order valence-electron chi connectivity index (χ1n) is 5.04. The highest BCUT2D eigenvalue weighted by Gasteiger charge is 2.23. The van der Waals surface area contributed by atoms with E-state index < -0.39 is 5.97 Å². The van der Waals surface area contributed by atoms with E-state index in [-0.39, 0.29) is 24.6 Å². The molecule has 0 aliphatic heterocycles. The van der Waals surface area contributed by atoms with Crippen LogP contribution in [0.2, 0.25) is 0 Å². The minimum Gasteiger partial charge on any atom is -0.481 e. The first-order valence-corrected chi connectivity index (χ1v) is 5.04. The fourth-order valence-electron chi connectivity index (χ4n) is 1.51. The van der Waals surface area contributed by atoms with Gasteiger partial charge in [-0.3, -0.25) is 4.79 Å². The lowest BCUT2D eigenvalue weighted by Gasteiger charge is -2.32. The molecule has 0 radical (unpaired) electrons. The van der Waals surface area contributed by atoms with Crippen molar-refractivity contribution in [2.24, 2.45) is 0 Å². The maximum absolute atomic E-state index is 10.5. The summed E-state index contributed by atoms with van der Waals surface area (Å²) in [5, 5.41) is 20.7. The quantitative estimate of drug-likeness (QED) is 0.577. The van der Waals surface area contributed by atoms with Crippen molar-refractivity contribution in [3.8, 4) is 0 Å². The Morgan fingerprint density at radius 3 is 2.50 bits per heavy atom. The number of hydrogen-bond acceptors (Lipinski definition) is 3. The molecule has 0 bridgehead atoms. The highest BCUT2D eigenvalue weighted by atomic mass is 16.4. The molecule has 4 heteroatoms. The van der Waals surface area contributed by atoms with Crippen molar-refractivity contribution in [1.29, 1.82) is 0 Å². The summed E-state index contributed by atoms with van der Waals surface area (Å²) in [7, 11) is 0. The zero-order valence-corrected chi connectivity index (χ0v) is 9.21. The van der Waals surface area contributed by atoms with E-state index in [9.17, 15) is 4.79 Å². The second-order valence-electron chi connectivity index (χ2n) is 4.03. The number of aliphatic hydroxyl groups excluding tert-OH is 1. The Kier molecular flexibility index (Phi) is 5.72. The molecular weight excluding hydrogens is 182 g/mol. The van der Waals surface area contributed by atoms with Crippen molar-refractivity contribution in [3.05, 3.63) is 0 Å². The minimum atomic E-state index is -0.799. The van der Waals surface area contributed by atoms with E-state index in [4.69, 9.17) is 10.2 Å². The van der Waals surface area contributed by atoms with Crippen molar-refractivity contribution in [3.63, 3.8) is 0 Å². The molecule has 0 aromatic rings. The molecule has 0 aliphatic carbocycles. The third-order valence-electron chi connectivity index (χ3n) is 2.52. The molecule has 84 valence electrons. The van der Waals surface area contributed by atoms with Gasteiger partial charge in [0.15, 0.2) is 0 Å². The molecule has 0 aliphatic rings. The maximum Gasteiger partial charge on any atom is 0.304 e. The van der Waals surface area contributed by atoms with E-state index in [0.29, 0.717) is 6.42 Å². The lowest BCUT2D eigenvalue weighted by atomic mass is 9.93. The lowest BCUT2D eigenvalue weighted by Crippen LogP contribution is -2.47. The zero-order chi connectivity index (χ0) is 11.2. The number of carboxylic acids is 1. The normalized spacial score (nSPS) is 17.4. The average molecular weight is 203 g/mol. The molecule has 2 atom stereocenters. The summed E-state index contributed by atoms with van der Waals surface area (Å²) in [5.41, 5.74) is -0.163. The van der Waals surface area contributed by atoms with E-state index in [1.54, 1.807) is 0 Å². The summed E-state index contributed by atoms with van der Waals surface area (Å²) < 4.78 is 0. The predicted octanol–water partition coefficient (Wildman–Crippen LogP) is 0.990. The van der Waals surface area contributed by atoms with Gasteiger partial charge in [-0.25, -0.2) is 0 Å². The molecule has 3 N–H and O–H groups in total. The Bertz CT molecular complexity index is 184. The topological polar surface area (TPSA) is 69.6 Å². The molecule has 0 heterocycles. The van der Waals surface area contributed by atoms with Crippen LogP contribution in [-0.2, 0) is 4.79 Å². The maximum atomic E-state index is 10.5. The van der Waals surface area contributed by atoms with Crippen molar-refractivity contribution >= 4 is 5.97 Å². The first kappa shape index (κ1) is 13.4. The number of nitrogens with one attached hydrogen (secondary N) is 1. The van der Waals surface area contributed by atoms with Crippen LogP contribution in [0.15, 0.2) is 0 Å². The smallest absolute Gasteiger partial charge is 0.304 e. The van der Waals surface area contributed by atoms with Gasteiger partial charge in [0, 0.05) is 18.2 Å². The molecule has 0 saturated carbocycles. The second kappa shape index (κ2) is 5.98. The first-order chi connectivity index (χ1) is 6.43. The molecule has 0 saturated heterocycles. The lowest BCUT2D eigenvalue weighted by molar-refractivity contribution is -0.137. The number of aliphatic carboxylic acids is 1. The molecule has 2 unspecified atom stereocenters. The van der Waals surface area contributed by atoms with E-state index in [0.717, 1.165) is 6.42 Å². The Labute approximate surface area is 85.3 Å². The van der Waals surface area contributed by atoms with Gasteiger partial charge in [-0.1, -0.05) is 6.92 Å². The SMILES string of the molecule is CCC(C)(CCO)NC(C)CC(=O)O. The van der Waals surface area contributed by atoms with Gasteiger partial charge >= 0.3 is 5.97 Å². The van der Waals surface area contributed by atoms with Gasteiger partial charge in [0.1, 0.15) is 0 Å². The Morgan fingerprint density at radius 1 is 1.57 bits per heavy atom. The van der Waals surface area contributed by atoms with Crippen molar-refractivity contribution in [2.75, 3.05) is 6.61 Å². The van der Waals surface area contributed by atoms with Gasteiger partial charge < -0.3 is 15.5 Å². The van der Waals surface area contributed by atoms with Crippen LogP contribution in [0.3, 0.4) is 0 Å². The van der Waals surface area contributed by atoms with Crippen LogP contribution in [0.4, 0.5) is 0 Å². The molecule has 0 aromatic carbocycles. The van der Waals surface area contributed by atoms with Crippen molar-refractivity contribution < 1.29 is 15.0 Å². The van der Waals surface area contributed by atoms with Crippen LogP contribution < -0.4 is 5.32 Å². The molecule has 0 rings (SSSR count). The molecule has 4 nitrogen and oxygen atoms in total. The second-order valence-corrected chi connectivity index (χ2v) is 4.03. The van der Waals surface area contributed by atoms with Gasteiger partial charge in [-0.05, 0) is 26.7 Å². The predicted molar refractivity (Wildman–Crippen MR) is 55.2 cm³/mol. The number of carboxylic acid groups (broad SMARTS) is 1. The van der Waals surface area contributed by atoms with Gasteiger partial charge in [0.2, 0.25) is 0 Å². The van der Waals surface area contributed by atoms with E-state index in [1.807, 2.05) is 20.8 Å². The fourth-order valence-corrected chi connectivity index (χ4v) is 1.51. The minimum absolute atomic E-state index is 0.0657. The monoisotopic (exact) mass is 203 g/mol. The Morgan fingerprint density at radius 2 is 2.14 bits per heavy atom. The summed E-state index contributed by atoms with van der Waals surface area (Å²) in [6.07, 6.45) is 1.63. The number of aliphatic hydroxyl groups is 1. The summed E-state index contributed by atoms with van der Waals surface area (Å²) in [4.78, 5) is 10.5. The molecule has 0 spiro atoms. The molecule has 14 heavy (non-hydrogen) atoms. The Balaban J connectivity index is 4.09. The van der Waals surface area contributed by atoms with Crippen LogP contribution in [0.5, 0.6) is 0 Å². The highest BCUT2D eigenvalue weighted by molar-refractivity contribution is 5.67. The van der Waals surface area contributed by atoms with E-state index in [2.05, 4.69) is 5.32 Å². The van der Waals surface area contributed by atoms with E-state index in [1.165, 1.54) is 0 Å². The van der Waals surface area contributed by atoms with Crippen LogP contribution in [0.25, 0.3) is 0 Å². The third-order valence-corrected chi connectivity index (χ3v) is 2.52. The number of carbonyl (C=O) groups is 1. The average Bonchev–Trinajstić information content (AvgIpc) is 2.02. The highest BCUT2D eigenvalue weighted by Crippen LogP contribution is 2.15. The van der Waals surface area contributed by atoms with E-state index >= 15 is 0 Å². The van der Waals surface area contributed by atoms with Crippen molar-refractivity contribution in [1.82, 2.24) is 5.32 Å². The number of rotatable bonds is 7. The van der Waals surface area contributed by atoms with Crippen molar-refractivity contribution in [2.45, 2.75) is 51.6 Å².